The topological polar surface area (TPSA) is 86.7 Å². The van der Waals surface area contributed by atoms with Gasteiger partial charge in [0.15, 0.2) is 0 Å². The highest BCUT2D eigenvalue weighted by molar-refractivity contribution is 5.26. The molecule has 0 aromatic heterocycles. The lowest BCUT2D eigenvalue weighted by molar-refractivity contribution is 0.0129. The molecule has 4 nitrogen and oxygen atoms in total. The number of hydrogen-bond acceptors (Lipinski definition) is 4. The van der Waals surface area contributed by atoms with Crippen molar-refractivity contribution in [2.24, 2.45) is 5.73 Å². The molecule has 16 heavy (non-hydrogen) atoms. The molecular formula is C11H16FNO3. The summed E-state index contributed by atoms with van der Waals surface area (Å²) in [5.74, 6) is -0.643. The minimum Gasteiger partial charge on any atom is -0.392 e. The first kappa shape index (κ1) is 13.1. The van der Waals surface area contributed by atoms with Gasteiger partial charge in [0.2, 0.25) is 0 Å². The van der Waals surface area contributed by atoms with Crippen molar-refractivity contribution in [3.63, 3.8) is 0 Å². The van der Waals surface area contributed by atoms with E-state index in [0.717, 1.165) is 6.07 Å². The summed E-state index contributed by atoms with van der Waals surface area (Å²) >= 11 is 0. The van der Waals surface area contributed by atoms with E-state index in [1.807, 2.05) is 0 Å². The smallest absolute Gasteiger partial charge is 0.129 e. The van der Waals surface area contributed by atoms with Crippen molar-refractivity contribution in [3.05, 3.63) is 35.1 Å². The van der Waals surface area contributed by atoms with Gasteiger partial charge in [0.25, 0.3) is 0 Å². The Kier molecular flexibility index (Phi) is 4.82. The second kappa shape index (κ2) is 5.91. The Morgan fingerprint density at radius 1 is 1.31 bits per heavy atom. The number of nitrogens with two attached hydrogens (primary N) is 1. The molecule has 0 amide bonds. The fourth-order valence-corrected chi connectivity index (χ4v) is 1.44. The van der Waals surface area contributed by atoms with Gasteiger partial charge in [-0.15, -0.1) is 0 Å². The zero-order chi connectivity index (χ0) is 12.1. The molecule has 0 aliphatic heterocycles. The van der Waals surface area contributed by atoms with Crippen LogP contribution < -0.4 is 5.73 Å². The molecule has 0 saturated heterocycles. The average Bonchev–Trinajstić information content (AvgIpc) is 2.28. The number of hydrogen-bond donors (Lipinski definition) is 4. The summed E-state index contributed by atoms with van der Waals surface area (Å²) in [4.78, 5) is 0. The maximum atomic E-state index is 13.5. The fraction of sp³-hybridized carbons (Fsp3) is 0.455. The first-order valence-electron chi connectivity index (χ1n) is 5.05. The maximum Gasteiger partial charge on any atom is 0.129 e. The van der Waals surface area contributed by atoms with Gasteiger partial charge in [-0.05, 0) is 24.6 Å². The van der Waals surface area contributed by atoms with Crippen molar-refractivity contribution < 1.29 is 19.7 Å². The second-order valence-electron chi connectivity index (χ2n) is 3.60. The van der Waals surface area contributed by atoms with Crippen LogP contribution in [0.3, 0.4) is 0 Å². The Morgan fingerprint density at radius 3 is 2.50 bits per heavy atom. The summed E-state index contributed by atoms with van der Waals surface area (Å²) in [6.45, 7) is -0.0484. The molecule has 0 radical (unpaired) electrons. The molecule has 0 spiro atoms. The van der Waals surface area contributed by atoms with Crippen LogP contribution in [-0.2, 0) is 6.61 Å². The largest absolute Gasteiger partial charge is 0.392 e. The highest BCUT2D eigenvalue weighted by atomic mass is 19.1. The molecule has 0 aliphatic rings. The lowest BCUT2D eigenvalue weighted by Crippen LogP contribution is -2.22. The van der Waals surface area contributed by atoms with Gasteiger partial charge in [0.05, 0.1) is 12.7 Å². The van der Waals surface area contributed by atoms with Gasteiger partial charge in [0.1, 0.15) is 11.9 Å². The normalized spacial score (nSPS) is 14.8. The van der Waals surface area contributed by atoms with E-state index in [2.05, 4.69) is 0 Å². The number of halogens is 1. The Balaban J connectivity index is 2.87. The van der Waals surface area contributed by atoms with Crippen molar-refractivity contribution in [2.45, 2.75) is 25.2 Å². The van der Waals surface area contributed by atoms with E-state index in [0.29, 0.717) is 5.56 Å². The lowest BCUT2D eigenvalue weighted by Gasteiger charge is -2.18. The summed E-state index contributed by atoms with van der Waals surface area (Å²) in [6.07, 6.45) is -2.18. The zero-order valence-corrected chi connectivity index (χ0v) is 8.81. The van der Waals surface area contributed by atoms with E-state index in [1.54, 1.807) is 0 Å². The fourth-order valence-electron chi connectivity index (χ4n) is 1.44. The van der Waals surface area contributed by atoms with E-state index < -0.39 is 18.0 Å². The molecular weight excluding hydrogens is 213 g/mol. The van der Waals surface area contributed by atoms with Crippen molar-refractivity contribution in [2.75, 3.05) is 6.54 Å². The van der Waals surface area contributed by atoms with Gasteiger partial charge in [-0.25, -0.2) is 4.39 Å². The molecule has 0 fully saturated rings. The highest BCUT2D eigenvalue weighted by Gasteiger charge is 2.20. The predicted octanol–water partition coefficient (Wildman–Crippen LogP) is 0.0611. The van der Waals surface area contributed by atoms with Gasteiger partial charge in [0, 0.05) is 5.56 Å². The maximum absolute atomic E-state index is 13.5. The van der Waals surface area contributed by atoms with Crippen LogP contribution in [0.15, 0.2) is 18.2 Å². The molecule has 5 N–H and O–H groups in total. The molecule has 0 heterocycles. The molecule has 2 unspecified atom stereocenters. The van der Waals surface area contributed by atoms with E-state index in [9.17, 15) is 14.6 Å². The molecule has 90 valence electrons. The van der Waals surface area contributed by atoms with Crippen LogP contribution in [0.25, 0.3) is 0 Å². The number of benzene rings is 1. The van der Waals surface area contributed by atoms with Gasteiger partial charge in [-0.2, -0.15) is 0 Å². The third-order valence-corrected chi connectivity index (χ3v) is 2.39. The van der Waals surface area contributed by atoms with Gasteiger partial charge in [-0.3, -0.25) is 0 Å². The molecule has 2 atom stereocenters. The minimum absolute atomic E-state index is 0.0122. The predicted molar refractivity (Wildman–Crippen MR) is 57.0 cm³/mol. The molecule has 1 aromatic carbocycles. The van der Waals surface area contributed by atoms with E-state index >= 15 is 0 Å². The first-order valence-corrected chi connectivity index (χ1v) is 5.05. The van der Waals surface area contributed by atoms with Crippen molar-refractivity contribution in [1.82, 2.24) is 0 Å². The second-order valence-corrected chi connectivity index (χ2v) is 3.60. The van der Waals surface area contributed by atoms with Crippen molar-refractivity contribution >= 4 is 0 Å². The van der Waals surface area contributed by atoms with Crippen LogP contribution in [0.5, 0.6) is 0 Å². The molecule has 0 bridgehead atoms. The number of aliphatic hydroxyl groups is 3. The lowest BCUT2D eigenvalue weighted by atomic mass is 10.0. The molecule has 1 rings (SSSR count). The molecule has 0 saturated carbocycles. The monoisotopic (exact) mass is 229 g/mol. The Labute approximate surface area is 93.1 Å². The highest BCUT2D eigenvalue weighted by Crippen LogP contribution is 2.22. The minimum atomic E-state index is -1.30. The summed E-state index contributed by atoms with van der Waals surface area (Å²) in [6, 6.07) is 3.98. The van der Waals surface area contributed by atoms with Crippen molar-refractivity contribution in [1.29, 1.82) is 0 Å². The Bertz CT molecular complexity index is 346. The van der Waals surface area contributed by atoms with Crippen LogP contribution in [0.1, 0.15) is 23.7 Å². The van der Waals surface area contributed by atoms with Crippen LogP contribution in [0.4, 0.5) is 4.39 Å². The van der Waals surface area contributed by atoms with Gasteiger partial charge < -0.3 is 21.1 Å². The van der Waals surface area contributed by atoms with E-state index in [-0.39, 0.29) is 25.1 Å². The third-order valence-electron chi connectivity index (χ3n) is 2.39. The van der Waals surface area contributed by atoms with Gasteiger partial charge >= 0.3 is 0 Å². The Hall–Kier alpha value is -1.01. The Morgan fingerprint density at radius 2 is 2.00 bits per heavy atom. The standard InChI is InChI=1S/C11H16FNO3/c12-9-5-7(6-14)1-2-8(9)11(16)10(15)3-4-13/h1-2,5,10-11,14-16H,3-4,6,13H2. The van der Waals surface area contributed by atoms with E-state index in [4.69, 9.17) is 10.8 Å². The first-order chi connectivity index (χ1) is 7.60. The van der Waals surface area contributed by atoms with Crippen LogP contribution in [0, 0.1) is 5.82 Å². The zero-order valence-electron chi connectivity index (χ0n) is 8.81. The average molecular weight is 229 g/mol. The van der Waals surface area contributed by atoms with Gasteiger partial charge in [-0.1, -0.05) is 12.1 Å². The molecule has 5 heteroatoms. The molecule has 1 aromatic rings. The number of aliphatic hydroxyl groups excluding tert-OH is 3. The van der Waals surface area contributed by atoms with Crippen LogP contribution >= 0.6 is 0 Å². The SMILES string of the molecule is NCCC(O)C(O)c1ccc(CO)cc1F. The summed E-state index contributed by atoms with van der Waals surface area (Å²) in [5, 5.41) is 27.9. The molecule has 0 aliphatic carbocycles. The quantitative estimate of drug-likeness (QED) is 0.575. The van der Waals surface area contributed by atoms with Crippen LogP contribution in [-0.4, -0.2) is 28.0 Å². The van der Waals surface area contributed by atoms with Crippen LogP contribution in [0.2, 0.25) is 0 Å². The third kappa shape index (κ3) is 2.99. The summed E-state index contributed by atoms with van der Waals surface area (Å²) in [7, 11) is 0. The summed E-state index contributed by atoms with van der Waals surface area (Å²) < 4.78 is 13.5. The number of rotatable bonds is 5. The van der Waals surface area contributed by atoms with Crippen molar-refractivity contribution in [3.8, 4) is 0 Å². The van der Waals surface area contributed by atoms with E-state index in [1.165, 1.54) is 12.1 Å². The summed E-state index contributed by atoms with van der Waals surface area (Å²) in [5.41, 5.74) is 5.66.